The van der Waals surface area contributed by atoms with E-state index >= 15 is 0 Å². The van der Waals surface area contributed by atoms with Crippen molar-refractivity contribution in [1.29, 1.82) is 0 Å². The summed E-state index contributed by atoms with van der Waals surface area (Å²) in [5.41, 5.74) is 9.10. The van der Waals surface area contributed by atoms with Crippen LogP contribution in [0.4, 0.5) is 0 Å². The number of rotatable bonds is 4. The van der Waals surface area contributed by atoms with Gasteiger partial charge in [-0.2, -0.15) is 0 Å². The Bertz CT molecular complexity index is 237. The van der Waals surface area contributed by atoms with Crippen molar-refractivity contribution < 1.29 is 9.90 Å². The van der Waals surface area contributed by atoms with Crippen LogP contribution in [-0.2, 0) is 4.79 Å². The van der Waals surface area contributed by atoms with Crippen molar-refractivity contribution in [3.05, 3.63) is 0 Å². The van der Waals surface area contributed by atoms with Gasteiger partial charge in [0.25, 0.3) is 0 Å². The molecule has 0 saturated carbocycles. The molecule has 0 rings (SSSR count). The fourth-order valence-electron chi connectivity index (χ4n) is 0.760. The highest BCUT2D eigenvalue weighted by Crippen LogP contribution is 2.15. The Morgan fingerprint density at radius 3 is 2.15 bits per heavy atom. The van der Waals surface area contributed by atoms with Crippen molar-refractivity contribution in [2.45, 2.75) is 37.8 Å². The molecule has 0 aromatic carbocycles. The molecule has 0 aliphatic carbocycles. The lowest BCUT2D eigenvalue weighted by molar-refractivity contribution is -0.141. The molecule has 0 aromatic heterocycles. The average molecular weight is 184 g/mol. The number of carboxylic acids is 1. The predicted molar refractivity (Wildman–Crippen MR) is 50.9 cm³/mol. The monoisotopic (exact) mass is 184 g/mol. The van der Waals surface area contributed by atoms with Gasteiger partial charge in [0.05, 0.1) is 0 Å². The predicted octanol–water partition coefficient (Wildman–Crippen LogP) is -0.0808. The zero-order chi connectivity index (χ0) is 10.7. The molecule has 0 radical (unpaired) electrons. The Morgan fingerprint density at radius 2 is 1.92 bits per heavy atom. The van der Waals surface area contributed by atoms with Crippen molar-refractivity contribution in [3.63, 3.8) is 0 Å². The summed E-state index contributed by atoms with van der Waals surface area (Å²) in [5.74, 6) is 0.892. The maximum atomic E-state index is 10.7. The summed E-state index contributed by atoms with van der Waals surface area (Å²) in [5, 5.41) is 8.72. The van der Waals surface area contributed by atoms with Crippen LogP contribution in [-0.4, -0.2) is 22.2 Å². The molecule has 0 unspecified atom stereocenters. The number of aliphatic carboxylic acids is 1. The molecule has 0 aromatic rings. The Hall–Kier alpha value is -1.05. The molecule has 1 atom stereocenters. The normalized spacial score (nSPS) is 15.9. The van der Waals surface area contributed by atoms with Gasteiger partial charge in [-0.3, -0.25) is 0 Å². The molecule has 0 spiro atoms. The first kappa shape index (κ1) is 11.9. The van der Waals surface area contributed by atoms with Crippen molar-refractivity contribution in [2.24, 2.45) is 11.5 Å². The smallest absolute Gasteiger partial charge is 0.336 e. The number of hydrogen-bond acceptors (Lipinski definition) is 3. The molecule has 0 saturated heterocycles. The second-order valence-corrected chi connectivity index (χ2v) is 3.91. The van der Waals surface area contributed by atoms with E-state index in [9.17, 15) is 4.79 Å². The van der Waals surface area contributed by atoms with E-state index in [0.717, 1.165) is 0 Å². The molecule has 13 heavy (non-hydrogen) atoms. The third-order valence-electron chi connectivity index (χ3n) is 1.80. The van der Waals surface area contributed by atoms with Crippen LogP contribution in [0.2, 0.25) is 0 Å². The number of terminal acetylenes is 1. The number of nitrogens with two attached hydrogens (primary N) is 2. The largest absolute Gasteiger partial charge is 0.479 e. The minimum Gasteiger partial charge on any atom is -0.479 e. The SMILES string of the molecule is C#C[C@](N)(CCC(C)(C)N)C(=O)O. The van der Waals surface area contributed by atoms with Crippen LogP contribution < -0.4 is 11.5 Å². The van der Waals surface area contributed by atoms with Crippen molar-refractivity contribution in [1.82, 2.24) is 0 Å². The first-order valence-corrected chi connectivity index (χ1v) is 4.00. The van der Waals surface area contributed by atoms with Crippen LogP contribution in [0.25, 0.3) is 0 Å². The summed E-state index contributed by atoms with van der Waals surface area (Å²) >= 11 is 0. The second-order valence-electron chi connectivity index (χ2n) is 3.91. The topological polar surface area (TPSA) is 89.3 Å². The van der Waals surface area contributed by atoms with Gasteiger partial charge in [-0.05, 0) is 26.7 Å². The van der Waals surface area contributed by atoms with Crippen molar-refractivity contribution in [2.75, 3.05) is 0 Å². The van der Waals surface area contributed by atoms with Crippen LogP contribution in [0.3, 0.4) is 0 Å². The molecular formula is C9H16N2O2. The standard InChI is InChI=1S/C9H16N2O2/c1-4-9(11,7(12)13)6-5-8(2,3)10/h1H,5-6,10-11H2,2-3H3,(H,12,13)/t9-/m0/s1. The molecule has 0 aliphatic rings. The Kier molecular flexibility index (Phi) is 3.47. The van der Waals surface area contributed by atoms with Crippen LogP contribution in [0.1, 0.15) is 26.7 Å². The molecule has 0 aliphatic heterocycles. The fourth-order valence-corrected chi connectivity index (χ4v) is 0.760. The number of hydrogen-bond donors (Lipinski definition) is 3. The third-order valence-corrected chi connectivity index (χ3v) is 1.80. The zero-order valence-electron chi connectivity index (χ0n) is 8.00. The highest BCUT2D eigenvalue weighted by molar-refractivity contribution is 5.82. The van der Waals surface area contributed by atoms with Gasteiger partial charge < -0.3 is 16.6 Å². The minimum absolute atomic E-state index is 0.183. The van der Waals surface area contributed by atoms with Gasteiger partial charge >= 0.3 is 5.97 Å². The molecule has 0 amide bonds. The van der Waals surface area contributed by atoms with E-state index < -0.39 is 17.0 Å². The Morgan fingerprint density at radius 1 is 1.46 bits per heavy atom. The quantitative estimate of drug-likeness (QED) is 0.533. The van der Waals surface area contributed by atoms with E-state index in [0.29, 0.717) is 6.42 Å². The van der Waals surface area contributed by atoms with Gasteiger partial charge in [0.2, 0.25) is 0 Å². The van der Waals surface area contributed by atoms with Crippen LogP contribution in [0.5, 0.6) is 0 Å². The lowest BCUT2D eigenvalue weighted by Gasteiger charge is -2.24. The third kappa shape index (κ3) is 3.92. The minimum atomic E-state index is -1.59. The van der Waals surface area contributed by atoms with E-state index in [1.807, 2.05) is 0 Å². The first-order chi connectivity index (χ1) is 5.71. The van der Waals surface area contributed by atoms with E-state index in [1.54, 1.807) is 13.8 Å². The number of carbonyl (C=O) groups is 1. The molecule has 0 bridgehead atoms. The van der Waals surface area contributed by atoms with Gasteiger partial charge in [-0.15, -0.1) is 6.42 Å². The van der Waals surface area contributed by atoms with Crippen molar-refractivity contribution >= 4 is 5.97 Å². The lowest BCUT2D eigenvalue weighted by atomic mass is 9.89. The summed E-state index contributed by atoms with van der Waals surface area (Å²) in [6.07, 6.45) is 5.70. The summed E-state index contributed by atoms with van der Waals surface area (Å²) in [7, 11) is 0. The van der Waals surface area contributed by atoms with Gasteiger partial charge in [-0.1, -0.05) is 5.92 Å². The van der Waals surface area contributed by atoms with Gasteiger partial charge in [-0.25, -0.2) is 4.79 Å². The average Bonchev–Trinajstić information content (AvgIpc) is 1.98. The van der Waals surface area contributed by atoms with Crippen LogP contribution in [0, 0.1) is 12.3 Å². The number of carboxylic acid groups (broad SMARTS) is 1. The Balaban J connectivity index is 4.34. The Labute approximate surface area is 78.3 Å². The molecule has 4 heteroatoms. The summed E-state index contributed by atoms with van der Waals surface area (Å²) in [6.45, 7) is 3.59. The highest BCUT2D eigenvalue weighted by atomic mass is 16.4. The van der Waals surface area contributed by atoms with Crippen molar-refractivity contribution in [3.8, 4) is 12.3 Å². The van der Waals surface area contributed by atoms with Gasteiger partial charge in [0.15, 0.2) is 5.54 Å². The summed E-state index contributed by atoms with van der Waals surface area (Å²) < 4.78 is 0. The lowest BCUT2D eigenvalue weighted by Crippen LogP contribution is -2.48. The fraction of sp³-hybridized carbons (Fsp3) is 0.667. The molecule has 5 N–H and O–H groups in total. The van der Waals surface area contributed by atoms with E-state index in [4.69, 9.17) is 23.0 Å². The second kappa shape index (κ2) is 3.77. The molecule has 4 nitrogen and oxygen atoms in total. The van der Waals surface area contributed by atoms with E-state index in [1.165, 1.54) is 0 Å². The van der Waals surface area contributed by atoms with Crippen LogP contribution >= 0.6 is 0 Å². The molecule has 0 fully saturated rings. The zero-order valence-corrected chi connectivity index (χ0v) is 8.00. The van der Waals surface area contributed by atoms with E-state index in [-0.39, 0.29) is 6.42 Å². The summed E-state index contributed by atoms with van der Waals surface area (Å²) in [6, 6.07) is 0. The molecular weight excluding hydrogens is 168 g/mol. The molecule has 0 heterocycles. The van der Waals surface area contributed by atoms with Crippen LogP contribution in [0.15, 0.2) is 0 Å². The first-order valence-electron chi connectivity index (χ1n) is 4.00. The van der Waals surface area contributed by atoms with Gasteiger partial charge in [0.1, 0.15) is 0 Å². The highest BCUT2D eigenvalue weighted by Gasteiger charge is 2.32. The molecule has 74 valence electrons. The summed E-state index contributed by atoms with van der Waals surface area (Å²) in [4.78, 5) is 10.7. The van der Waals surface area contributed by atoms with E-state index in [2.05, 4.69) is 5.92 Å². The maximum Gasteiger partial charge on any atom is 0.336 e. The maximum absolute atomic E-state index is 10.7. The van der Waals surface area contributed by atoms with Gasteiger partial charge in [0, 0.05) is 5.54 Å².